The Labute approximate surface area is 163 Å². The van der Waals surface area contributed by atoms with Crippen molar-refractivity contribution in [3.05, 3.63) is 54.1 Å². The van der Waals surface area contributed by atoms with Gasteiger partial charge in [0.2, 0.25) is 0 Å². The van der Waals surface area contributed by atoms with Crippen LogP contribution in [-0.4, -0.2) is 0 Å². The summed E-state index contributed by atoms with van der Waals surface area (Å²) in [6.07, 6.45) is 12.5. The summed E-state index contributed by atoms with van der Waals surface area (Å²) in [6, 6.07) is 5.67. The summed E-state index contributed by atoms with van der Waals surface area (Å²) in [5.41, 5.74) is 1.61. The largest absolute Gasteiger partial charge is 0.416 e. The van der Waals surface area contributed by atoms with Crippen LogP contribution >= 0.6 is 0 Å². The number of halogens is 3. The highest BCUT2D eigenvalue weighted by atomic mass is 19.4. The van der Waals surface area contributed by atoms with Crippen molar-refractivity contribution in [2.75, 3.05) is 0 Å². The van der Waals surface area contributed by atoms with Crippen molar-refractivity contribution in [2.45, 2.75) is 70.4 Å². The lowest BCUT2D eigenvalue weighted by Gasteiger charge is -2.35. The minimum atomic E-state index is -4.25. The summed E-state index contributed by atoms with van der Waals surface area (Å²) in [7, 11) is 0. The lowest BCUT2D eigenvalue weighted by molar-refractivity contribution is -0.137. The van der Waals surface area contributed by atoms with E-state index in [-0.39, 0.29) is 1.43 Å². The Kier molecular flexibility index (Phi) is 6.83. The molecule has 3 rings (SSSR count). The summed E-state index contributed by atoms with van der Waals surface area (Å²) >= 11 is 0. The molecule has 0 aliphatic heterocycles. The number of rotatable bonds is 6. The fourth-order valence-corrected chi connectivity index (χ4v) is 4.92. The van der Waals surface area contributed by atoms with E-state index in [0.29, 0.717) is 0 Å². The zero-order chi connectivity index (χ0) is 19.3. The minimum Gasteiger partial charge on any atom is -0.166 e. The molecule has 0 aromatic heterocycles. The molecule has 0 bridgehead atoms. The van der Waals surface area contributed by atoms with Crippen LogP contribution in [0.5, 0.6) is 0 Å². The Hall–Kier alpha value is -1.51. The molecular formula is C24H33F3. The van der Waals surface area contributed by atoms with Gasteiger partial charge in [-0.2, -0.15) is 13.2 Å². The van der Waals surface area contributed by atoms with Crippen LogP contribution in [0.1, 0.15) is 76.8 Å². The van der Waals surface area contributed by atoms with Crippen LogP contribution < -0.4 is 0 Å². The zero-order valence-corrected chi connectivity index (χ0v) is 16.1. The van der Waals surface area contributed by atoms with E-state index in [9.17, 15) is 13.2 Å². The Balaban J connectivity index is 0.00000280. The highest BCUT2D eigenvalue weighted by molar-refractivity contribution is 5.66. The maximum absolute atomic E-state index is 12.7. The van der Waals surface area contributed by atoms with Gasteiger partial charge in [0, 0.05) is 1.43 Å². The Morgan fingerprint density at radius 1 is 1.00 bits per heavy atom. The van der Waals surface area contributed by atoms with Crippen LogP contribution in [0.3, 0.4) is 0 Å². The third kappa shape index (κ3) is 5.49. The third-order valence-electron chi connectivity index (χ3n) is 6.61. The molecule has 150 valence electrons. The predicted molar refractivity (Wildman–Crippen MR) is 108 cm³/mol. The van der Waals surface area contributed by atoms with Crippen LogP contribution in [-0.2, 0) is 6.18 Å². The second-order valence-corrected chi connectivity index (χ2v) is 8.34. The van der Waals surface area contributed by atoms with E-state index in [1.54, 1.807) is 12.1 Å². The van der Waals surface area contributed by atoms with Gasteiger partial charge in [-0.25, -0.2) is 0 Å². The average molecular weight is 379 g/mol. The fourth-order valence-electron chi connectivity index (χ4n) is 4.92. The molecule has 2 aliphatic rings. The SMILES string of the molecule is C=CCCCC1CCC(C2CC=C(c3ccc(C(F)(F)F)cc3)CC2)CC1.[HH]. The highest BCUT2D eigenvalue weighted by Gasteiger charge is 2.31. The first-order valence-corrected chi connectivity index (χ1v) is 10.4. The van der Waals surface area contributed by atoms with Crippen LogP contribution in [0.4, 0.5) is 13.2 Å². The summed E-state index contributed by atoms with van der Waals surface area (Å²) < 4.78 is 38.1. The van der Waals surface area contributed by atoms with E-state index in [4.69, 9.17) is 0 Å². The van der Waals surface area contributed by atoms with Gasteiger partial charge in [0.05, 0.1) is 5.56 Å². The first-order chi connectivity index (χ1) is 13.0. The van der Waals surface area contributed by atoms with Crippen molar-refractivity contribution >= 4 is 5.57 Å². The van der Waals surface area contributed by atoms with Crippen LogP contribution in [0.25, 0.3) is 5.57 Å². The molecule has 3 heteroatoms. The van der Waals surface area contributed by atoms with Crippen molar-refractivity contribution in [1.82, 2.24) is 0 Å². The van der Waals surface area contributed by atoms with E-state index in [1.807, 2.05) is 6.08 Å². The molecule has 1 saturated carbocycles. The van der Waals surface area contributed by atoms with Gasteiger partial charge >= 0.3 is 6.18 Å². The molecule has 1 aromatic rings. The molecule has 0 radical (unpaired) electrons. The number of hydrogen-bond acceptors (Lipinski definition) is 0. The molecule has 27 heavy (non-hydrogen) atoms. The van der Waals surface area contributed by atoms with Gasteiger partial charge in [0.1, 0.15) is 0 Å². The Morgan fingerprint density at radius 3 is 2.26 bits per heavy atom. The van der Waals surface area contributed by atoms with E-state index in [1.165, 1.54) is 62.7 Å². The number of hydrogen-bond donors (Lipinski definition) is 0. The van der Waals surface area contributed by atoms with Gasteiger partial charge in [0.15, 0.2) is 0 Å². The number of unbranched alkanes of at least 4 members (excludes halogenated alkanes) is 1. The van der Waals surface area contributed by atoms with Crippen LogP contribution in [0, 0.1) is 17.8 Å². The van der Waals surface area contributed by atoms with E-state index in [0.717, 1.165) is 42.6 Å². The number of allylic oxidation sites excluding steroid dienone is 3. The van der Waals surface area contributed by atoms with Crippen LogP contribution in [0.2, 0.25) is 0 Å². The van der Waals surface area contributed by atoms with Gasteiger partial charge in [0.25, 0.3) is 0 Å². The fraction of sp³-hybridized carbons (Fsp3) is 0.583. The van der Waals surface area contributed by atoms with Crippen molar-refractivity contribution in [3.63, 3.8) is 0 Å². The molecule has 0 amide bonds. The highest BCUT2D eigenvalue weighted by Crippen LogP contribution is 2.42. The van der Waals surface area contributed by atoms with Gasteiger partial charge in [-0.3, -0.25) is 0 Å². The van der Waals surface area contributed by atoms with Crippen molar-refractivity contribution in [1.29, 1.82) is 0 Å². The van der Waals surface area contributed by atoms with Crippen molar-refractivity contribution in [2.24, 2.45) is 17.8 Å². The second-order valence-electron chi connectivity index (χ2n) is 8.34. The minimum absolute atomic E-state index is 0. The maximum atomic E-state index is 12.7. The molecule has 1 aromatic carbocycles. The second kappa shape index (κ2) is 9.12. The molecule has 2 aliphatic carbocycles. The molecule has 0 nitrogen and oxygen atoms in total. The first kappa shape index (κ1) is 20.2. The third-order valence-corrected chi connectivity index (χ3v) is 6.61. The van der Waals surface area contributed by atoms with E-state index >= 15 is 0 Å². The van der Waals surface area contributed by atoms with Crippen LogP contribution in [0.15, 0.2) is 43.0 Å². The molecule has 1 unspecified atom stereocenters. The smallest absolute Gasteiger partial charge is 0.166 e. The van der Waals surface area contributed by atoms with Crippen molar-refractivity contribution < 1.29 is 14.6 Å². The van der Waals surface area contributed by atoms with E-state index < -0.39 is 11.7 Å². The van der Waals surface area contributed by atoms with Gasteiger partial charge in [-0.15, -0.1) is 6.58 Å². The summed E-state index contributed by atoms with van der Waals surface area (Å²) in [5, 5.41) is 0. The van der Waals surface area contributed by atoms with Gasteiger partial charge in [-0.1, -0.05) is 43.5 Å². The molecule has 0 N–H and O–H groups in total. The van der Waals surface area contributed by atoms with Crippen molar-refractivity contribution in [3.8, 4) is 0 Å². The first-order valence-electron chi connectivity index (χ1n) is 10.4. The topological polar surface area (TPSA) is 0 Å². The Bertz CT molecular complexity index is 637. The van der Waals surface area contributed by atoms with Gasteiger partial charge < -0.3 is 0 Å². The number of benzene rings is 1. The molecule has 0 heterocycles. The molecule has 0 spiro atoms. The molecular weight excluding hydrogens is 345 g/mol. The normalized spacial score (nSPS) is 26.5. The molecule has 1 atom stereocenters. The Morgan fingerprint density at radius 2 is 1.70 bits per heavy atom. The quantitative estimate of drug-likeness (QED) is 0.345. The monoisotopic (exact) mass is 378 g/mol. The summed E-state index contributed by atoms with van der Waals surface area (Å²) in [4.78, 5) is 0. The predicted octanol–water partition coefficient (Wildman–Crippen LogP) is 8.30. The molecule has 0 saturated heterocycles. The number of alkyl halides is 3. The summed E-state index contributed by atoms with van der Waals surface area (Å²) in [5.74, 6) is 2.51. The molecule has 1 fully saturated rings. The standard InChI is InChI=1S/C24H31F3.H2/c1-2-3-4-5-18-6-8-19(9-7-18)20-10-12-21(13-11-20)22-14-16-23(17-15-22)24(25,26)27;/h2,12,14-20H,1,3-11,13H2;1H. The average Bonchev–Trinajstić information content (AvgIpc) is 2.68. The van der Waals surface area contributed by atoms with Gasteiger partial charge in [-0.05, 0) is 86.0 Å². The zero-order valence-electron chi connectivity index (χ0n) is 16.1. The summed E-state index contributed by atoms with van der Waals surface area (Å²) in [6.45, 7) is 3.80. The lowest BCUT2D eigenvalue weighted by Crippen LogP contribution is -2.23. The van der Waals surface area contributed by atoms with E-state index in [2.05, 4.69) is 12.7 Å². The lowest BCUT2D eigenvalue weighted by atomic mass is 9.70. The maximum Gasteiger partial charge on any atom is 0.416 e.